The van der Waals surface area contributed by atoms with E-state index < -0.39 is 7.92 Å². The molecule has 0 fully saturated rings. The molecule has 0 aromatic heterocycles. The molecule has 3 aromatic rings. The van der Waals surface area contributed by atoms with E-state index in [1.807, 2.05) is 0 Å². The van der Waals surface area contributed by atoms with Crippen molar-refractivity contribution in [2.24, 2.45) is 0 Å². The first-order chi connectivity index (χ1) is 12.4. The average Bonchev–Trinajstić information content (AvgIpc) is 2.70. The monoisotopic (exact) mass is 368 g/mol. The van der Waals surface area contributed by atoms with Crippen LogP contribution in [-0.2, 0) is 0 Å². The summed E-state index contributed by atoms with van der Waals surface area (Å²) in [4.78, 5) is 0. The van der Waals surface area contributed by atoms with Gasteiger partial charge in [-0.15, -0.1) is 11.6 Å². The minimum atomic E-state index is -0.446. The van der Waals surface area contributed by atoms with E-state index in [1.165, 1.54) is 35.2 Å². The van der Waals surface area contributed by atoms with Crippen molar-refractivity contribution in [3.05, 3.63) is 91.0 Å². The molecule has 0 spiro atoms. The third-order valence-electron chi connectivity index (χ3n) is 3.78. The van der Waals surface area contributed by atoms with E-state index in [2.05, 4.69) is 97.9 Å². The van der Waals surface area contributed by atoms with Crippen molar-refractivity contribution in [2.75, 3.05) is 5.88 Å². The maximum Gasteiger partial charge on any atom is 0.0223 e. The minimum Gasteiger partial charge on any atom is -0.127 e. The molecule has 0 unspecified atom stereocenters. The number of benzene rings is 3. The lowest BCUT2D eigenvalue weighted by atomic mass is 10.3. The molecule has 0 saturated carbocycles. The van der Waals surface area contributed by atoms with Crippen molar-refractivity contribution in [3.8, 4) is 0 Å². The molecule has 0 saturated heterocycles. The third-order valence-corrected chi connectivity index (χ3v) is 6.49. The van der Waals surface area contributed by atoms with Gasteiger partial charge in [-0.05, 0) is 30.3 Å². The van der Waals surface area contributed by atoms with E-state index in [0.29, 0.717) is 0 Å². The Balaban J connectivity index is 0.000000326. The first-order valence-electron chi connectivity index (χ1n) is 8.88. The van der Waals surface area contributed by atoms with E-state index in [4.69, 9.17) is 11.6 Å². The van der Waals surface area contributed by atoms with Gasteiger partial charge < -0.3 is 0 Å². The summed E-state index contributed by atoms with van der Waals surface area (Å²) in [5.74, 6) is 0.827. The minimum absolute atomic E-state index is 0.446. The summed E-state index contributed by atoms with van der Waals surface area (Å²) in [7, 11) is -0.446. The lowest BCUT2D eigenvalue weighted by Gasteiger charge is -2.18. The first kappa shape index (κ1) is 19.7. The Morgan fingerprint density at radius 3 is 1.20 bits per heavy atom. The molecule has 0 amide bonds. The standard InChI is InChI=1S/C18H15P.C5H11Cl/c1-4-10-16(11-5-1)19(17-12-6-2-7-13-17)18-14-8-3-9-15-18;1-2-3-4-5-6/h1-15H;2-5H2,1H3. The van der Waals surface area contributed by atoms with Crippen molar-refractivity contribution < 1.29 is 0 Å². The van der Waals surface area contributed by atoms with Gasteiger partial charge in [-0.25, -0.2) is 0 Å². The smallest absolute Gasteiger partial charge is 0.0223 e. The van der Waals surface area contributed by atoms with Crippen molar-refractivity contribution in [2.45, 2.75) is 26.2 Å². The molecule has 0 heterocycles. The van der Waals surface area contributed by atoms with E-state index in [-0.39, 0.29) is 0 Å². The van der Waals surface area contributed by atoms with E-state index >= 15 is 0 Å². The summed E-state index contributed by atoms with van der Waals surface area (Å²) in [6.45, 7) is 2.17. The summed E-state index contributed by atoms with van der Waals surface area (Å²) in [5.41, 5.74) is 0. The Bertz CT molecular complexity index is 585. The molecule has 25 heavy (non-hydrogen) atoms. The first-order valence-corrected chi connectivity index (χ1v) is 10.8. The summed E-state index contributed by atoms with van der Waals surface area (Å²) in [6.07, 6.45) is 3.73. The van der Waals surface area contributed by atoms with Crippen molar-refractivity contribution in [1.82, 2.24) is 0 Å². The van der Waals surface area contributed by atoms with Crippen molar-refractivity contribution in [1.29, 1.82) is 0 Å². The van der Waals surface area contributed by atoms with Crippen LogP contribution in [-0.4, -0.2) is 5.88 Å². The van der Waals surface area contributed by atoms with Crippen LogP contribution in [0.3, 0.4) is 0 Å². The molecule has 0 nitrogen and oxygen atoms in total. The Morgan fingerprint density at radius 2 is 0.960 bits per heavy atom. The molecule has 0 aliphatic rings. The zero-order valence-electron chi connectivity index (χ0n) is 14.8. The molecule has 0 aliphatic heterocycles. The van der Waals surface area contributed by atoms with E-state index in [9.17, 15) is 0 Å². The van der Waals surface area contributed by atoms with Crippen LogP contribution < -0.4 is 15.9 Å². The van der Waals surface area contributed by atoms with Crippen molar-refractivity contribution >= 4 is 35.4 Å². The van der Waals surface area contributed by atoms with Crippen LogP contribution in [0.1, 0.15) is 26.2 Å². The molecule has 0 aliphatic carbocycles. The molecule has 0 atom stereocenters. The number of rotatable bonds is 6. The van der Waals surface area contributed by atoms with E-state index in [0.717, 1.165) is 5.88 Å². The van der Waals surface area contributed by atoms with Gasteiger partial charge in [-0.3, -0.25) is 0 Å². The van der Waals surface area contributed by atoms with Gasteiger partial charge in [0, 0.05) is 5.88 Å². The van der Waals surface area contributed by atoms with Gasteiger partial charge in [0.25, 0.3) is 0 Å². The van der Waals surface area contributed by atoms with Gasteiger partial charge in [0.1, 0.15) is 0 Å². The number of alkyl halides is 1. The second kappa shape index (κ2) is 11.9. The summed E-state index contributed by atoms with van der Waals surface area (Å²) in [6, 6.07) is 32.3. The predicted molar refractivity (Wildman–Crippen MR) is 115 cm³/mol. The number of unbranched alkanes of at least 4 members (excludes halogenated alkanes) is 2. The molecule has 3 rings (SSSR count). The van der Waals surface area contributed by atoms with Crippen molar-refractivity contribution in [3.63, 3.8) is 0 Å². The zero-order valence-corrected chi connectivity index (χ0v) is 16.5. The van der Waals surface area contributed by atoms with Crippen LogP contribution in [0.2, 0.25) is 0 Å². The number of halogens is 1. The van der Waals surface area contributed by atoms with Gasteiger partial charge in [0.15, 0.2) is 0 Å². The highest BCUT2D eigenvalue weighted by Crippen LogP contribution is 2.32. The van der Waals surface area contributed by atoms with Gasteiger partial charge in [-0.2, -0.15) is 0 Å². The second-order valence-corrected chi connectivity index (χ2v) is 8.34. The number of hydrogen-bond donors (Lipinski definition) is 0. The highest BCUT2D eigenvalue weighted by atomic mass is 35.5. The fourth-order valence-electron chi connectivity index (χ4n) is 2.52. The molecular formula is C23H26ClP. The summed E-state index contributed by atoms with van der Waals surface area (Å²) < 4.78 is 0. The zero-order chi connectivity index (χ0) is 17.7. The average molecular weight is 369 g/mol. The van der Waals surface area contributed by atoms with Crippen LogP contribution in [0.4, 0.5) is 0 Å². The van der Waals surface area contributed by atoms with Crippen LogP contribution in [0.25, 0.3) is 0 Å². The van der Waals surface area contributed by atoms with Gasteiger partial charge in [-0.1, -0.05) is 111 Å². The molecule has 0 bridgehead atoms. The Morgan fingerprint density at radius 1 is 0.600 bits per heavy atom. The highest BCUT2D eigenvalue weighted by molar-refractivity contribution is 7.79. The molecule has 0 N–H and O–H groups in total. The SMILES string of the molecule is CCCCCCl.c1ccc(P(c2ccccc2)c2ccccc2)cc1. The van der Waals surface area contributed by atoms with Crippen LogP contribution >= 0.6 is 19.5 Å². The molecule has 130 valence electrons. The van der Waals surface area contributed by atoms with Crippen LogP contribution in [0.5, 0.6) is 0 Å². The fourth-order valence-corrected chi connectivity index (χ4v) is 5.02. The van der Waals surface area contributed by atoms with Gasteiger partial charge in [0.05, 0.1) is 0 Å². The largest absolute Gasteiger partial charge is 0.127 e. The summed E-state index contributed by atoms with van der Waals surface area (Å²) in [5, 5.41) is 4.19. The molecular weight excluding hydrogens is 343 g/mol. The molecule has 3 aromatic carbocycles. The second-order valence-electron chi connectivity index (χ2n) is 5.74. The maximum atomic E-state index is 5.38. The maximum absolute atomic E-state index is 5.38. The fraction of sp³-hybridized carbons (Fsp3) is 0.217. The Labute approximate surface area is 158 Å². The number of hydrogen-bond acceptors (Lipinski definition) is 0. The highest BCUT2D eigenvalue weighted by Gasteiger charge is 2.14. The Hall–Kier alpha value is -1.62. The lowest BCUT2D eigenvalue weighted by Crippen LogP contribution is -2.20. The summed E-state index contributed by atoms with van der Waals surface area (Å²) >= 11 is 5.38. The topological polar surface area (TPSA) is 0 Å². The third kappa shape index (κ3) is 6.65. The van der Waals surface area contributed by atoms with E-state index in [1.54, 1.807) is 0 Å². The quantitative estimate of drug-likeness (QED) is 0.290. The normalized spacial score (nSPS) is 10.2. The molecule has 2 heteroatoms. The van der Waals surface area contributed by atoms with Gasteiger partial charge in [0.2, 0.25) is 0 Å². The van der Waals surface area contributed by atoms with Gasteiger partial charge >= 0.3 is 0 Å². The molecule has 0 radical (unpaired) electrons. The van der Waals surface area contributed by atoms with Crippen LogP contribution in [0.15, 0.2) is 91.0 Å². The predicted octanol–water partition coefficient (Wildman–Crippen LogP) is 5.86. The van der Waals surface area contributed by atoms with Crippen LogP contribution in [0, 0.1) is 0 Å². The Kier molecular flexibility index (Phi) is 9.34. The lowest BCUT2D eigenvalue weighted by molar-refractivity contribution is 0.776.